The molecular weight excluding hydrogens is 128 g/mol. The molecule has 0 aromatic carbocycles. The Morgan fingerprint density at radius 3 is 3.30 bits per heavy atom. The number of nitrogens with zero attached hydrogens (tertiary/aromatic N) is 1. The first kappa shape index (κ1) is 6.16. The van der Waals surface area contributed by atoms with Crippen molar-refractivity contribution in [2.45, 2.75) is 37.5 Å². The van der Waals surface area contributed by atoms with E-state index in [1.165, 1.54) is 0 Å². The molecule has 1 heterocycles. The van der Waals surface area contributed by atoms with Crippen molar-refractivity contribution in [2.75, 3.05) is 0 Å². The minimum absolute atomic E-state index is 0.101. The van der Waals surface area contributed by atoms with Crippen molar-refractivity contribution in [1.29, 1.82) is 0 Å². The topological polar surface area (TPSA) is 44.6 Å². The second kappa shape index (κ2) is 2.23. The molecule has 1 saturated carbocycles. The third-order valence-corrected chi connectivity index (χ3v) is 2.34. The minimum atomic E-state index is -0.101. The molecule has 2 rings (SSSR count). The van der Waals surface area contributed by atoms with Crippen LogP contribution in [0.4, 0.5) is 0 Å². The van der Waals surface area contributed by atoms with Crippen LogP contribution in [0.15, 0.2) is 4.99 Å². The molecule has 3 nitrogen and oxygen atoms in total. The van der Waals surface area contributed by atoms with Gasteiger partial charge in [0.2, 0.25) is 0 Å². The van der Waals surface area contributed by atoms with Crippen molar-refractivity contribution in [1.82, 2.24) is 5.32 Å². The highest BCUT2D eigenvalue weighted by atomic mass is 16.3. The zero-order valence-corrected chi connectivity index (χ0v) is 5.83. The predicted molar refractivity (Wildman–Crippen MR) is 39.1 cm³/mol. The smallest absolute Gasteiger partial charge is 0.0831 e. The molecule has 56 valence electrons. The SMILES string of the molecule is OC1CCC2N=CNC2C1. The Labute approximate surface area is 60.2 Å². The molecule has 1 fully saturated rings. The summed E-state index contributed by atoms with van der Waals surface area (Å²) >= 11 is 0. The Morgan fingerprint density at radius 1 is 1.50 bits per heavy atom. The quantitative estimate of drug-likeness (QED) is 0.493. The van der Waals surface area contributed by atoms with Crippen LogP contribution in [0, 0.1) is 0 Å². The maximum atomic E-state index is 9.26. The summed E-state index contributed by atoms with van der Waals surface area (Å²) in [6.45, 7) is 0. The van der Waals surface area contributed by atoms with E-state index in [1.807, 2.05) is 0 Å². The van der Waals surface area contributed by atoms with Gasteiger partial charge in [-0.2, -0.15) is 0 Å². The lowest BCUT2D eigenvalue weighted by atomic mass is 9.90. The molecule has 0 amide bonds. The van der Waals surface area contributed by atoms with Crippen LogP contribution in [-0.2, 0) is 0 Å². The van der Waals surface area contributed by atoms with Crippen LogP contribution < -0.4 is 5.32 Å². The van der Waals surface area contributed by atoms with Crippen molar-refractivity contribution >= 4 is 6.34 Å². The van der Waals surface area contributed by atoms with Crippen LogP contribution >= 0.6 is 0 Å². The summed E-state index contributed by atoms with van der Waals surface area (Å²) in [7, 11) is 0. The van der Waals surface area contributed by atoms with E-state index in [0.29, 0.717) is 12.1 Å². The highest BCUT2D eigenvalue weighted by Gasteiger charge is 2.30. The van der Waals surface area contributed by atoms with Crippen molar-refractivity contribution in [2.24, 2.45) is 4.99 Å². The molecule has 0 bridgehead atoms. The third kappa shape index (κ3) is 0.904. The fraction of sp³-hybridized carbons (Fsp3) is 0.857. The molecule has 2 aliphatic rings. The Balaban J connectivity index is 2.01. The van der Waals surface area contributed by atoms with Crippen LogP contribution in [0.5, 0.6) is 0 Å². The standard InChI is InChI=1S/C7H12N2O/c10-5-1-2-6-7(3-5)9-4-8-6/h4-7,10H,1-3H2,(H,8,9). The van der Waals surface area contributed by atoms with Gasteiger partial charge in [-0.3, -0.25) is 4.99 Å². The Bertz CT molecular complexity index is 158. The summed E-state index contributed by atoms with van der Waals surface area (Å²) in [5.74, 6) is 0. The van der Waals surface area contributed by atoms with Gasteiger partial charge in [0, 0.05) is 0 Å². The molecule has 2 N–H and O–H groups in total. The summed E-state index contributed by atoms with van der Waals surface area (Å²) in [4.78, 5) is 4.24. The lowest BCUT2D eigenvalue weighted by Crippen LogP contribution is -2.39. The van der Waals surface area contributed by atoms with E-state index in [0.717, 1.165) is 19.3 Å². The van der Waals surface area contributed by atoms with Crippen LogP contribution in [0.2, 0.25) is 0 Å². The molecule has 1 aliphatic heterocycles. The number of hydrogen-bond acceptors (Lipinski definition) is 3. The second-order valence-corrected chi connectivity index (χ2v) is 3.09. The number of aliphatic imine (C=N–C) groups is 1. The monoisotopic (exact) mass is 140 g/mol. The fourth-order valence-electron chi connectivity index (χ4n) is 1.72. The first-order valence-electron chi connectivity index (χ1n) is 3.82. The summed E-state index contributed by atoms with van der Waals surface area (Å²) in [5.41, 5.74) is 0. The van der Waals surface area contributed by atoms with Gasteiger partial charge in [0.15, 0.2) is 0 Å². The highest BCUT2D eigenvalue weighted by Crippen LogP contribution is 2.23. The maximum Gasteiger partial charge on any atom is 0.0831 e. The zero-order chi connectivity index (χ0) is 6.97. The molecule has 0 spiro atoms. The number of rotatable bonds is 0. The lowest BCUT2D eigenvalue weighted by molar-refractivity contribution is 0.112. The van der Waals surface area contributed by atoms with Crippen LogP contribution in [0.1, 0.15) is 19.3 Å². The molecule has 3 unspecified atom stereocenters. The zero-order valence-electron chi connectivity index (χ0n) is 5.83. The van der Waals surface area contributed by atoms with Gasteiger partial charge in [-0.15, -0.1) is 0 Å². The van der Waals surface area contributed by atoms with Crippen LogP contribution in [0.25, 0.3) is 0 Å². The maximum absolute atomic E-state index is 9.26. The molecule has 1 aliphatic carbocycles. The molecule has 0 aromatic rings. The van der Waals surface area contributed by atoms with Gasteiger partial charge in [-0.25, -0.2) is 0 Å². The minimum Gasteiger partial charge on any atom is -0.393 e. The number of aliphatic hydroxyl groups excluding tert-OH is 1. The molecule has 0 aromatic heterocycles. The average Bonchev–Trinajstić information content (AvgIpc) is 2.33. The summed E-state index contributed by atoms with van der Waals surface area (Å²) in [6.07, 6.45) is 4.49. The van der Waals surface area contributed by atoms with Crippen molar-refractivity contribution in [3.8, 4) is 0 Å². The van der Waals surface area contributed by atoms with E-state index >= 15 is 0 Å². The van der Waals surface area contributed by atoms with Crippen molar-refractivity contribution in [3.05, 3.63) is 0 Å². The van der Waals surface area contributed by atoms with Gasteiger partial charge in [0.05, 0.1) is 24.5 Å². The van der Waals surface area contributed by atoms with E-state index in [9.17, 15) is 5.11 Å². The Hall–Kier alpha value is -0.570. The summed E-state index contributed by atoms with van der Waals surface area (Å²) in [6, 6.07) is 0.868. The first-order chi connectivity index (χ1) is 4.86. The van der Waals surface area contributed by atoms with Gasteiger partial charge < -0.3 is 10.4 Å². The summed E-state index contributed by atoms with van der Waals surface area (Å²) < 4.78 is 0. The molecule has 3 heteroatoms. The van der Waals surface area contributed by atoms with E-state index in [1.54, 1.807) is 6.34 Å². The molecule has 0 radical (unpaired) electrons. The van der Waals surface area contributed by atoms with Gasteiger partial charge in [0.1, 0.15) is 0 Å². The predicted octanol–water partition coefficient (Wildman–Crippen LogP) is -0.100. The normalized spacial score (nSPS) is 44.7. The van der Waals surface area contributed by atoms with E-state index in [2.05, 4.69) is 10.3 Å². The molecule has 0 saturated heterocycles. The van der Waals surface area contributed by atoms with Crippen molar-refractivity contribution in [3.63, 3.8) is 0 Å². The number of aliphatic hydroxyl groups is 1. The van der Waals surface area contributed by atoms with Gasteiger partial charge in [-0.1, -0.05) is 0 Å². The molecular formula is C7H12N2O. The van der Waals surface area contributed by atoms with E-state index in [4.69, 9.17) is 0 Å². The molecule has 3 atom stereocenters. The number of nitrogens with one attached hydrogen (secondary N) is 1. The largest absolute Gasteiger partial charge is 0.393 e. The highest BCUT2D eigenvalue weighted by molar-refractivity contribution is 5.58. The van der Waals surface area contributed by atoms with Crippen LogP contribution in [-0.4, -0.2) is 29.6 Å². The van der Waals surface area contributed by atoms with Crippen molar-refractivity contribution < 1.29 is 5.11 Å². The van der Waals surface area contributed by atoms with E-state index < -0.39 is 0 Å². The Morgan fingerprint density at radius 2 is 2.40 bits per heavy atom. The molecule has 10 heavy (non-hydrogen) atoms. The first-order valence-corrected chi connectivity index (χ1v) is 3.82. The van der Waals surface area contributed by atoms with Gasteiger partial charge >= 0.3 is 0 Å². The summed E-state index contributed by atoms with van der Waals surface area (Å²) in [5, 5.41) is 12.4. The van der Waals surface area contributed by atoms with Gasteiger partial charge in [-0.05, 0) is 19.3 Å². The second-order valence-electron chi connectivity index (χ2n) is 3.09. The van der Waals surface area contributed by atoms with Gasteiger partial charge in [0.25, 0.3) is 0 Å². The third-order valence-electron chi connectivity index (χ3n) is 2.34. The van der Waals surface area contributed by atoms with Crippen LogP contribution in [0.3, 0.4) is 0 Å². The average molecular weight is 140 g/mol. The number of fused-ring (bicyclic) bond motifs is 1. The van der Waals surface area contributed by atoms with E-state index in [-0.39, 0.29) is 6.10 Å². The lowest BCUT2D eigenvalue weighted by Gasteiger charge is -2.27. The Kier molecular flexibility index (Phi) is 1.38. The number of hydrogen-bond donors (Lipinski definition) is 2. The fourth-order valence-corrected chi connectivity index (χ4v) is 1.72.